The molecule has 0 unspecified atom stereocenters. The second kappa shape index (κ2) is 6.82. The van der Waals surface area contributed by atoms with Gasteiger partial charge in [0.1, 0.15) is 0 Å². The van der Waals surface area contributed by atoms with Gasteiger partial charge < -0.3 is 5.73 Å². The van der Waals surface area contributed by atoms with Crippen LogP contribution in [0.15, 0.2) is 49.1 Å². The number of halogens is 1. The summed E-state index contributed by atoms with van der Waals surface area (Å²) in [6.07, 6.45) is 8.04. The molecular formula is C19H17ClN6. The minimum Gasteiger partial charge on any atom is -0.325 e. The molecule has 130 valence electrons. The standard InChI is InChI=1S/C19H17ClN6/c1-26-11-14(10-24-26)17-6-15(7-21)25-18-5-12(2-3-16(17)18)4-13-8-22-19(20)23-9-13/h2-3,5-6,8-11H,4,7,21H2,1H3. The molecule has 0 spiro atoms. The molecule has 6 nitrogen and oxygen atoms in total. The van der Waals surface area contributed by atoms with Crippen LogP contribution < -0.4 is 5.73 Å². The van der Waals surface area contributed by atoms with E-state index in [0.717, 1.165) is 38.9 Å². The van der Waals surface area contributed by atoms with Gasteiger partial charge >= 0.3 is 0 Å². The van der Waals surface area contributed by atoms with Crippen LogP contribution in [0.2, 0.25) is 5.28 Å². The second-order valence-electron chi connectivity index (χ2n) is 6.16. The van der Waals surface area contributed by atoms with Gasteiger partial charge in [-0.2, -0.15) is 5.10 Å². The number of aromatic nitrogens is 5. The van der Waals surface area contributed by atoms with Gasteiger partial charge in [-0.3, -0.25) is 9.67 Å². The molecule has 0 aliphatic rings. The molecule has 0 saturated carbocycles. The second-order valence-corrected chi connectivity index (χ2v) is 6.49. The lowest BCUT2D eigenvalue weighted by Gasteiger charge is -2.09. The molecule has 7 heteroatoms. The number of rotatable bonds is 4. The fraction of sp³-hybridized carbons (Fsp3) is 0.158. The maximum absolute atomic E-state index is 5.86. The van der Waals surface area contributed by atoms with Crippen molar-refractivity contribution >= 4 is 22.5 Å². The zero-order valence-electron chi connectivity index (χ0n) is 14.2. The molecule has 0 aliphatic heterocycles. The predicted octanol–water partition coefficient (Wildman–Crippen LogP) is 3.13. The fourth-order valence-corrected chi connectivity index (χ4v) is 3.11. The van der Waals surface area contributed by atoms with Gasteiger partial charge in [0.05, 0.1) is 17.4 Å². The van der Waals surface area contributed by atoms with Gasteiger partial charge in [0.2, 0.25) is 5.28 Å². The van der Waals surface area contributed by atoms with E-state index in [4.69, 9.17) is 22.3 Å². The fourth-order valence-electron chi connectivity index (χ4n) is 3.01. The summed E-state index contributed by atoms with van der Waals surface area (Å²) in [5, 5.41) is 5.60. The quantitative estimate of drug-likeness (QED) is 0.562. The van der Waals surface area contributed by atoms with Crippen molar-refractivity contribution in [3.63, 3.8) is 0 Å². The number of nitrogens with two attached hydrogens (primary N) is 1. The van der Waals surface area contributed by atoms with Crippen LogP contribution in [0.4, 0.5) is 0 Å². The van der Waals surface area contributed by atoms with Crippen molar-refractivity contribution in [2.45, 2.75) is 13.0 Å². The molecule has 0 aliphatic carbocycles. The molecule has 4 aromatic rings. The molecule has 26 heavy (non-hydrogen) atoms. The molecule has 0 amide bonds. The van der Waals surface area contributed by atoms with Crippen LogP contribution in [0.3, 0.4) is 0 Å². The van der Waals surface area contributed by atoms with E-state index in [1.54, 1.807) is 17.1 Å². The van der Waals surface area contributed by atoms with Crippen LogP contribution in [0.1, 0.15) is 16.8 Å². The first-order chi connectivity index (χ1) is 12.6. The summed E-state index contributed by atoms with van der Waals surface area (Å²) in [6, 6.07) is 8.31. The van der Waals surface area contributed by atoms with Crippen LogP contribution in [-0.4, -0.2) is 24.7 Å². The Kier molecular flexibility index (Phi) is 4.36. The highest BCUT2D eigenvalue weighted by Crippen LogP contribution is 2.29. The Balaban J connectivity index is 1.78. The highest BCUT2D eigenvalue weighted by molar-refractivity contribution is 6.28. The Morgan fingerprint density at radius 1 is 1.08 bits per heavy atom. The summed E-state index contributed by atoms with van der Waals surface area (Å²) in [7, 11) is 1.91. The molecule has 0 bridgehead atoms. The zero-order valence-corrected chi connectivity index (χ0v) is 15.0. The summed E-state index contributed by atoms with van der Waals surface area (Å²) < 4.78 is 1.79. The highest BCUT2D eigenvalue weighted by Gasteiger charge is 2.10. The lowest BCUT2D eigenvalue weighted by molar-refractivity contribution is 0.768. The van der Waals surface area contributed by atoms with Crippen molar-refractivity contribution < 1.29 is 0 Å². The summed E-state index contributed by atoms with van der Waals surface area (Å²) in [5.74, 6) is 0. The number of benzene rings is 1. The predicted molar refractivity (Wildman–Crippen MR) is 102 cm³/mol. The van der Waals surface area contributed by atoms with Crippen molar-refractivity contribution in [1.29, 1.82) is 0 Å². The number of aryl methyl sites for hydroxylation is 1. The minimum atomic E-state index is 0.252. The zero-order chi connectivity index (χ0) is 18.1. The monoisotopic (exact) mass is 364 g/mol. The lowest BCUT2D eigenvalue weighted by atomic mass is 9.99. The molecule has 3 heterocycles. The maximum Gasteiger partial charge on any atom is 0.222 e. The maximum atomic E-state index is 5.86. The molecular weight excluding hydrogens is 348 g/mol. The van der Waals surface area contributed by atoms with E-state index in [-0.39, 0.29) is 5.28 Å². The topological polar surface area (TPSA) is 82.5 Å². The average Bonchev–Trinajstić information content (AvgIpc) is 3.08. The number of nitrogens with zero attached hydrogens (tertiary/aromatic N) is 5. The third-order valence-electron chi connectivity index (χ3n) is 4.23. The molecule has 3 aromatic heterocycles. The van der Waals surface area contributed by atoms with E-state index in [1.807, 2.05) is 25.5 Å². The van der Waals surface area contributed by atoms with Gasteiger partial charge in [0.25, 0.3) is 0 Å². The largest absolute Gasteiger partial charge is 0.325 e. The summed E-state index contributed by atoms with van der Waals surface area (Å²) >= 11 is 5.75. The third-order valence-corrected chi connectivity index (χ3v) is 4.43. The molecule has 0 radical (unpaired) electrons. The number of hydrogen-bond acceptors (Lipinski definition) is 5. The van der Waals surface area contributed by atoms with Crippen LogP contribution in [0, 0.1) is 0 Å². The lowest BCUT2D eigenvalue weighted by Crippen LogP contribution is -2.01. The molecule has 0 atom stereocenters. The van der Waals surface area contributed by atoms with Crippen LogP contribution in [0.5, 0.6) is 0 Å². The normalized spacial score (nSPS) is 11.2. The average molecular weight is 365 g/mol. The SMILES string of the molecule is Cn1cc(-c2cc(CN)nc3cc(Cc4cnc(Cl)nc4)ccc23)cn1. The van der Waals surface area contributed by atoms with Crippen molar-refractivity contribution in [2.24, 2.45) is 12.8 Å². The number of hydrogen-bond donors (Lipinski definition) is 1. The first-order valence-electron chi connectivity index (χ1n) is 8.20. The van der Waals surface area contributed by atoms with Crippen LogP contribution >= 0.6 is 11.6 Å². The highest BCUT2D eigenvalue weighted by atomic mass is 35.5. The van der Waals surface area contributed by atoms with E-state index in [2.05, 4.69) is 33.3 Å². The smallest absolute Gasteiger partial charge is 0.222 e. The van der Waals surface area contributed by atoms with Gasteiger partial charge in [-0.1, -0.05) is 12.1 Å². The molecule has 1 aromatic carbocycles. The van der Waals surface area contributed by atoms with E-state index in [0.29, 0.717) is 13.0 Å². The Morgan fingerprint density at radius 2 is 1.88 bits per heavy atom. The Labute approximate surface area is 155 Å². The van der Waals surface area contributed by atoms with Crippen molar-refractivity contribution in [3.05, 3.63) is 71.2 Å². The number of pyridine rings is 1. The Morgan fingerprint density at radius 3 is 2.58 bits per heavy atom. The van der Waals surface area contributed by atoms with E-state index in [1.165, 1.54) is 0 Å². The Hall–Kier alpha value is -2.83. The van der Waals surface area contributed by atoms with Crippen LogP contribution in [0.25, 0.3) is 22.0 Å². The Bertz CT molecular complexity index is 1070. The summed E-state index contributed by atoms with van der Waals surface area (Å²) in [5.41, 5.74) is 11.9. The number of fused-ring (bicyclic) bond motifs is 1. The summed E-state index contributed by atoms with van der Waals surface area (Å²) in [6.45, 7) is 0.387. The third kappa shape index (κ3) is 3.29. The first kappa shape index (κ1) is 16.6. The summed E-state index contributed by atoms with van der Waals surface area (Å²) in [4.78, 5) is 12.8. The minimum absolute atomic E-state index is 0.252. The van der Waals surface area contributed by atoms with Crippen molar-refractivity contribution in [2.75, 3.05) is 0 Å². The van der Waals surface area contributed by atoms with E-state index >= 15 is 0 Å². The first-order valence-corrected chi connectivity index (χ1v) is 8.58. The van der Waals surface area contributed by atoms with E-state index < -0.39 is 0 Å². The molecule has 0 saturated heterocycles. The van der Waals surface area contributed by atoms with Crippen molar-refractivity contribution in [1.82, 2.24) is 24.7 Å². The van der Waals surface area contributed by atoms with Gasteiger partial charge in [-0.25, -0.2) is 9.97 Å². The molecule has 0 fully saturated rings. The molecule has 4 rings (SSSR count). The van der Waals surface area contributed by atoms with E-state index in [9.17, 15) is 0 Å². The van der Waals surface area contributed by atoms with Crippen molar-refractivity contribution in [3.8, 4) is 11.1 Å². The molecule has 2 N–H and O–H groups in total. The van der Waals surface area contributed by atoms with Gasteiger partial charge in [0.15, 0.2) is 0 Å². The van der Waals surface area contributed by atoms with Gasteiger partial charge in [0, 0.05) is 49.6 Å². The van der Waals surface area contributed by atoms with Crippen LogP contribution in [-0.2, 0) is 20.0 Å². The van der Waals surface area contributed by atoms with Gasteiger partial charge in [-0.05, 0) is 40.4 Å². The van der Waals surface area contributed by atoms with Gasteiger partial charge in [-0.15, -0.1) is 0 Å².